The van der Waals surface area contributed by atoms with Crippen LogP contribution in [0.4, 0.5) is 13.2 Å². The lowest BCUT2D eigenvalue weighted by molar-refractivity contribution is -0.137. The second-order valence-corrected chi connectivity index (χ2v) is 6.72. The number of alkyl halides is 3. The lowest BCUT2D eigenvalue weighted by Gasteiger charge is -2.38. The molecule has 0 aromatic heterocycles. The van der Waals surface area contributed by atoms with Gasteiger partial charge in [-0.1, -0.05) is 26.8 Å². The molecule has 1 aliphatic heterocycles. The van der Waals surface area contributed by atoms with Gasteiger partial charge in [0.1, 0.15) is 0 Å². The molecule has 1 aliphatic rings. The van der Waals surface area contributed by atoms with Crippen molar-refractivity contribution in [3.8, 4) is 0 Å². The van der Waals surface area contributed by atoms with Crippen molar-refractivity contribution in [1.82, 2.24) is 4.90 Å². The van der Waals surface area contributed by atoms with E-state index in [0.717, 1.165) is 18.7 Å². The van der Waals surface area contributed by atoms with Gasteiger partial charge in [-0.2, -0.15) is 13.2 Å². The van der Waals surface area contributed by atoms with Gasteiger partial charge in [0, 0.05) is 26.7 Å². The quantitative estimate of drug-likeness (QED) is 0.841. The first-order chi connectivity index (χ1) is 9.59. The minimum atomic E-state index is -4.31. The third-order valence-corrected chi connectivity index (χ3v) is 3.85. The van der Waals surface area contributed by atoms with Gasteiger partial charge in [0.05, 0.1) is 11.7 Å². The fourth-order valence-corrected chi connectivity index (χ4v) is 2.44. The summed E-state index contributed by atoms with van der Waals surface area (Å²) in [5.74, 6) is 0. The van der Waals surface area contributed by atoms with E-state index in [4.69, 9.17) is 4.74 Å². The number of halogens is 3. The number of likely N-dealkylation sites (tertiary alicyclic amines) is 1. The molecule has 1 aromatic rings. The van der Waals surface area contributed by atoms with Crippen molar-refractivity contribution < 1.29 is 17.9 Å². The Bertz CT molecular complexity index is 467. The maximum absolute atomic E-state index is 13.1. The van der Waals surface area contributed by atoms with Crippen molar-refractivity contribution >= 4 is 0 Å². The summed E-state index contributed by atoms with van der Waals surface area (Å²) in [6.45, 7) is 7.87. The molecule has 0 aliphatic carbocycles. The summed E-state index contributed by atoms with van der Waals surface area (Å²) >= 11 is 0. The van der Waals surface area contributed by atoms with Gasteiger partial charge < -0.3 is 4.74 Å². The Kier molecular flexibility index (Phi) is 4.36. The fraction of sp³-hybridized carbons (Fsp3) is 0.625. The zero-order valence-corrected chi connectivity index (χ0v) is 12.9. The molecule has 0 N–H and O–H groups in total. The SMILES string of the molecule is COC1CN(Cc2cc(C(C)(C)C)cc(C(F)(F)F)c2)C1. The van der Waals surface area contributed by atoms with Crippen molar-refractivity contribution in [3.05, 3.63) is 34.9 Å². The van der Waals surface area contributed by atoms with E-state index >= 15 is 0 Å². The molecule has 2 rings (SSSR count). The van der Waals surface area contributed by atoms with Gasteiger partial charge in [0.2, 0.25) is 0 Å². The van der Waals surface area contributed by atoms with E-state index in [1.165, 1.54) is 12.1 Å². The largest absolute Gasteiger partial charge is 0.416 e. The number of hydrogen-bond donors (Lipinski definition) is 0. The molecule has 0 bridgehead atoms. The minimum Gasteiger partial charge on any atom is -0.379 e. The first kappa shape index (κ1) is 16.3. The molecular formula is C16H22F3NO. The van der Waals surface area contributed by atoms with Crippen molar-refractivity contribution in [1.29, 1.82) is 0 Å². The summed E-state index contributed by atoms with van der Waals surface area (Å²) in [5, 5.41) is 0. The van der Waals surface area contributed by atoms with Crippen molar-refractivity contribution in [3.63, 3.8) is 0 Å². The van der Waals surface area contributed by atoms with Crippen LogP contribution < -0.4 is 0 Å². The van der Waals surface area contributed by atoms with Crippen LogP contribution in [0.5, 0.6) is 0 Å². The highest BCUT2D eigenvalue weighted by Gasteiger charge is 2.33. The third kappa shape index (κ3) is 3.98. The van der Waals surface area contributed by atoms with Gasteiger partial charge in [-0.05, 0) is 28.7 Å². The Morgan fingerprint density at radius 1 is 1.10 bits per heavy atom. The Labute approximate surface area is 123 Å². The van der Waals surface area contributed by atoms with E-state index in [-0.39, 0.29) is 11.5 Å². The van der Waals surface area contributed by atoms with Crippen LogP contribution in [0.15, 0.2) is 18.2 Å². The standard InChI is InChI=1S/C16H22F3NO/c1-15(2,3)12-5-11(6-13(7-12)16(17,18)19)8-20-9-14(10-20)21-4/h5-7,14H,8-10H2,1-4H3. The molecule has 1 fully saturated rings. The lowest BCUT2D eigenvalue weighted by Crippen LogP contribution is -2.50. The van der Waals surface area contributed by atoms with E-state index in [1.54, 1.807) is 7.11 Å². The monoisotopic (exact) mass is 301 g/mol. The number of rotatable bonds is 3. The van der Waals surface area contributed by atoms with Gasteiger partial charge in [0.15, 0.2) is 0 Å². The molecule has 0 spiro atoms. The molecule has 21 heavy (non-hydrogen) atoms. The fourth-order valence-electron chi connectivity index (χ4n) is 2.44. The van der Waals surface area contributed by atoms with Gasteiger partial charge in [-0.3, -0.25) is 4.90 Å². The lowest BCUT2D eigenvalue weighted by atomic mass is 9.85. The zero-order chi connectivity index (χ0) is 15.8. The summed E-state index contributed by atoms with van der Waals surface area (Å²) in [4.78, 5) is 2.09. The number of benzene rings is 1. The van der Waals surface area contributed by atoms with Gasteiger partial charge in [-0.25, -0.2) is 0 Å². The summed E-state index contributed by atoms with van der Waals surface area (Å²) in [6, 6.07) is 4.41. The molecule has 1 saturated heterocycles. The Morgan fingerprint density at radius 3 is 2.14 bits per heavy atom. The molecule has 0 atom stereocenters. The Morgan fingerprint density at radius 2 is 1.67 bits per heavy atom. The average Bonchev–Trinajstić information content (AvgIpc) is 2.30. The number of nitrogens with zero attached hydrogens (tertiary/aromatic N) is 1. The molecule has 2 nitrogen and oxygen atoms in total. The van der Waals surface area contributed by atoms with Crippen molar-refractivity contribution in [2.75, 3.05) is 20.2 Å². The number of hydrogen-bond acceptors (Lipinski definition) is 2. The third-order valence-electron chi connectivity index (χ3n) is 3.85. The highest BCUT2D eigenvalue weighted by molar-refractivity contribution is 5.35. The first-order valence-corrected chi connectivity index (χ1v) is 7.06. The topological polar surface area (TPSA) is 12.5 Å². The van der Waals surface area contributed by atoms with E-state index < -0.39 is 11.7 Å². The summed E-state index contributed by atoms with van der Waals surface area (Å²) in [5.41, 5.74) is 0.564. The molecular weight excluding hydrogens is 279 g/mol. The summed E-state index contributed by atoms with van der Waals surface area (Å²) < 4.78 is 44.3. The normalized spacial score (nSPS) is 17.9. The van der Waals surface area contributed by atoms with E-state index in [9.17, 15) is 13.2 Å². The molecule has 0 radical (unpaired) electrons. The van der Waals surface area contributed by atoms with Crippen LogP contribution in [0, 0.1) is 0 Å². The predicted octanol–water partition coefficient (Wildman–Crippen LogP) is 3.83. The summed E-state index contributed by atoms with van der Waals surface area (Å²) in [7, 11) is 1.66. The Balaban J connectivity index is 2.24. The highest BCUT2D eigenvalue weighted by Crippen LogP contribution is 2.34. The number of methoxy groups -OCH3 is 1. The number of ether oxygens (including phenoxy) is 1. The van der Waals surface area contributed by atoms with Crippen LogP contribution in [0.3, 0.4) is 0 Å². The van der Waals surface area contributed by atoms with Gasteiger partial charge >= 0.3 is 6.18 Å². The van der Waals surface area contributed by atoms with Crippen LogP contribution in [-0.4, -0.2) is 31.2 Å². The van der Waals surface area contributed by atoms with Crippen molar-refractivity contribution in [2.24, 2.45) is 0 Å². The van der Waals surface area contributed by atoms with Gasteiger partial charge in [0.25, 0.3) is 0 Å². The smallest absolute Gasteiger partial charge is 0.379 e. The van der Waals surface area contributed by atoms with E-state index in [0.29, 0.717) is 12.1 Å². The van der Waals surface area contributed by atoms with E-state index in [1.807, 2.05) is 26.8 Å². The van der Waals surface area contributed by atoms with Crippen LogP contribution >= 0.6 is 0 Å². The minimum absolute atomic E-state index is 0.206. The van der Waals surface area contributed by atoms with Crippen molar-refractivity contribution in [2.45, 2.75) is 45.0 Å². The molecule has 0 saturated carbocycles. The second-order valence-electron chi connectivity index (χ2n) is 6.72. The second kappa shape index (κ2) is 5.61. The first-order valence-electron chi connectivity index (χ1n) is 7.06. The maximum atomic E-state index is 13.1. The predicted molar refractivity (Wildman–Crippen MR) is 76.2 cm³/mol. The summed E-state index contributed by atoms with van der Waals surface area (Å²) in [6.07, 6.45) is -4.10. The zero-order valence-electron chi connectivity index (χ0n) is 12.9. The molecule has 1 aromatic carbocycles. The molecule has 1 heterocycles. The van der Waals surface area contributed by atoms with Crippen LogP contribution in [-0.2, 0) is 22.9 Å². The molecule has 0 amide bonds. The van der Waals surface area contributed by atoms with Gasteiger partial charge in [-0.15, -0.1) is 0 Å². The van der Waals surface area contributed by atoms with Crippen LogP contribution in [0.25, 0.3) is 0 Å². The molecule has 5 heteroatoms. The van der Waals surface area contributed by atoms with Crippen LogP contribution in [0.2, 0.25) is 0 Å². The van der Waals surface area contributed by atoms with E-state index in [2.05, 4.69) is 4.90 Å². The Hall–Kier alpha value is -1.07. The van der Waals surface area contributed by atoms with Crippen LogP contribution in [0.1, 0.15) is 37.5 Å². The maximum Gasteiger partial charge on any atom is 0.416 e. The highest BCUT2D eigenvalue weighted by atomic mass is 19.4. The molecule has 0 unspecified atom stereocenters. The average molecular weight is 301 g/mol. The molecule has 118 valence electrons.